The Bertz CT molecular complexity index is 1120. The van der Waals surface area contributed by atoms with Gasteiger partial charge in [-0.15, -0.1) is 0 Å². The second-order valence-electron chi connectivity index (χ2n) is 9.14. The molecule has 1 aliphatic heterocycles. The van der Waals surface area contributed by atoms with Gasteiger partial charge in [0.15, 0.2) is 0 Å². The normalized spacial score (nSPS) is 15.5. The van der Waals surface area contributed by atoms with Crippen LogP contribution >= 0.6 is 0 Å². The average molecular weight is 405 g/mol. The molecule has 0 radical (unpaired) electrons. The summed E-state index contributed by atoms with van der Waals surface area (Å²) < 4.78 is 1.60. The number of piperidine rings is 1. The lowest BCUT2D eigenvalue weighted by Gasteiger charge is -2.32. The van der Waals surface area contributed by atoms with E-state index in [1.807, 2.05) is 41.3 Å². The van der Waals surface area contributed by atoms with Crippen molar-refractivity contribution in [3.8, 4) is 0 Å². The summed E-state index contributed by atoms with van der Waals surface area (Å²) in [6, 6.07) is 13.0. The van der Waals surface area contributed by atoms with Gasteiger partial charge in [0, 0.05) is 48.3 Å². The van der Waals surface area contributed by atoms with Crippen LogP contribution in [0.25, 0.3) is 10.9 Å². The van der Waals surface area contributed by atoms with Crippen molar-refractivity contribution in [2.75, 3.05) is 13.1 Å². The van der Waals surface area contributed by atoms with Crippen LogP contribution in [0.5, 0.6) is 0 Å². The molecule has 1 saturated heterocycles. The maximum Gasteiger partial charge on any atom is 0.266 e. The highest BCUT2D eigenvalue weighted by molar-refractivity contribution is 5.97. The highest BCUT2D eigenvalue weighted by Crippen LogP contribution is 2.23. The van der Waals surface area contributed by atoms with Crippen LogP contribution in [0.1, 0.15) is 49.7 Å². The lowest BCUT2D eigenvalue weighted by molar-refractivity contribution is 0.0680. The monoisotopic (exact) mass is 404 g/mol. The lowest BCUT2D eigenvalue weighted by atomic mass is 9.92. The number of amides is 1. The Labute approximate surface area is 176 Å². The van der Waals surface area contributed by atoms with Crippen LogP contribution in [-0.2, 0) is 12.0 Å². The predicted molar refractivity (Wildman–Crippen MR) is 118 cm³/mol. The second-order valence-corrected chi connectivity index (χ2v) is 9.14. The Morgan fingerprint density at radius 1 is 1.10 bits per heavy atom. The molecule has 1 amide bonds. The van der Waals surface area contributed by atoms with Gasteiger partial charge < -0.3 is 4.90 Å². The third kappa shape index (κ3) is 4.27. The third-order valence-electron chi connectivity index (χ3n) is 5.82. The fraction of sp³-hybridized carbons (Fsp3) is 0.417. The lowest BCUT2D eigenvalue weighted by Crippen LogP contribution is -2.40. The maximum absolute atomic E-state index is 13.0. The first-order valence-electron chi connectivity index (χ1n) is 10.5. The number of rotatable bonds is 3. The quantitative estimate of drug-likeness (QED) is 0.668. The number of pyridine rings is 1. The number of benzene rings is 1. The Balaban J connectivity index is 1.41. The fourth-order valence-electron chi connectivity index (χ4n) is 3.93. The number of hydrogen-bond acceptors (Lipinski definition) is 4. The minimum absolute atomic E-state index is 0.0595. The molecule has 0 atom stereocenters. The van der Waals surface area contributed by atoms with E-state index in [4.69, 9.17) is 0 Å². The molecule has 2 aromatic heterocycles. The summed E-state index contributed by atoms with van der Waals surface area (Å²) in [5.74, 6) is 0.402. The summed E-state index contributed by atoms with van der Waals surface area (Å²) in [5.41, 5.74) is 2.35. The van der Waals surface area contributed by atoms with Crippen molar-refractivity contribution < 1.29 is 4.79 Å². The molecular weight excluding hydrogens is 376 g/mol. The van der Waals surface area contributed by atoms with Crippen LogP contribution in [0, 0.1) is 5.92 Å². The van der Waals surface area contributed by atoms with E-state index in [1.54, 1.807) is 16.9 Å². The summed E-state index contributed by atoms with van der Waals surface area (Å²) in [7, 11) is 0. The number of fused-ring (bicyclic) bond motifs is 1. The van der Waals surface area contributed by atoms with E-state index in [2.05, 4.69) is 30.9 Å². The molecule has 4 rings (SSSR count). The predicted octanol–water partition coefficient (Wildman–Crippen LogP) is 3.64. The Morgan fingerprint density at radius 2 is 1.87 bits per heavy atom. The van der Waals surface area contributed by atoms with Gasteiger partial charge in [0.05, 0.1) is 11.2 Å². The highest BCUT2D eigenvalue weighted by Gasteiger charge is 2.25. The number of hydrogen-bond donors (Lipinski definition) is 0. The molecule has 0 aliphatic carbocycles. The number of carbonyl (C=O) groups is 1. The van der Waals surface area contributed by atoms with Gasteiger partial charge in [-0.2, -0.15) is 5.10 Å². The average Bonchev–Trinajstić information content (AvgIpc) is 2.74. The molecule has 0 N–H and O–H groups in total. The summed E-state index contributed by atoms with van der Waals surface area (Å²) in [6.07, 6.45) is 3.50. The molecule has 0 spiro atoms. The van der Waals surface area contributed by atoms with Crippen molar-refractivity contribution in [2.24, 2.45) is 5.92 Å². The van der Waals surface area contributed by atoms with Crippen molar-refractivity contribution in [1.82, 2.24) is 19.7 Å². The summed E-state index contributed by atoms with van der Waals surface area (Å²) >= 11 is 0. The van der Waals surface area contributed by atoms with Gasteiger partial charge in [-0.1, -0.05) is 26.8 Å². The van der Waals surface area contributed by atoms with Crippen molar-refractivity contribution in [1.29, 1.82) is 0 Å². The van der Waals surface area contributed by atoms with Gasteiger partial charge in [-0.05, 0) is 49.1 Å². The molecule has 0 saturated carbocycles. The van der Waals surface area contributed by atoms with E-state index < -0.39 is 0 Å². The summed E-state index contributed by atoms with van der Waals surface area (Å²) in [4.78, 5) is 31.4. The number of nitrogens with zero attached hydrogens (tertiary/aromatic N) is 4. The van der Waals surface area contributed by atoms with Gasteiger partial charge in [0.2, 0.25) is 0 Å². The van der Waals surface area contributed by atoms with Crippen LogP contribution in [0.3, 0.4) is 0 Å². The molecule has 3 aromatic rings. The molecule has 156 valence electrons. The van der Waals surface area contributed by atoms with Gasteiger partial charge in [-0.25, -0.2) is 4.68 Å². The van der Waals surface area contributed by atoms with Crippen molar-refractivity contribution >= 4 is 16.8 Å². The van der Waals surface area contributed by atoms with Crippen molar-refractivity contribution in [3.05, 3.63) is 70.3 Å². The van der Waals surface area contributed by atoms with Crippen molar-refractivity contribution in [3.63, 3.8) is 0 Å². The van der Waals surface area contributed by atoms with E-state index in [0.717, 1.165) is 29.4 Å². The van der Waals surface area contributed by atoms with Gasteiger partial charge >= 0.3 is 0 Å². The van der Waals surface area contributed by atoms with Crippen LogP contribution in [0.2, 0.25) is 0 Å². The van der Waals surface area contributed by atoms with Crippen LogP contribution in [0.15, 0.2) is 53.5 Å². The van der Waals surface area contributed by atoms with Crippen molar-refractivity contribution in [2.45, 2.75) is 45.6 Å². The number of carbonyl (C=O) groups excluding carboxylic acids is 1. The number of aromatic nitrogens is 3. The van der Waals surface area contributed by atoms with E-state index in [0.29, 0.717) is 31.1 Å². The topological polar surface area (TPSA) is 68.1 Å². The number of likely N-dealkylation sites (tertiary alicyclic amines) is 1. The van der Waals surface area contributed by atoms with E-state index in [1.165, 1.54) is 0 Å². The van der Waals surface area contributed by atoms with Gasteiger partial charge in [-0.3, -0.25) is 14.6 Å². The first-order chi connectivity index (χ1) is 14.3. The maximum atomic E-state index is 13.0. The van der Waals surface area contributed by atoms with E-state index >= 15 is 0 Å². The molecule has 0 unspecified atom stereocenters. The molecule has 6 heteroatoms. The minimum Gasteiger partial charge on any atom is -0.339 e. The zero-order valence-corrected chi connectivity index (χ0v) is 17.8. The Kier molecular flexibility index (Phi) is 5.41. The first-order valence-corrected chi connectivity index (χ1v) is 10.5. The third-order valence-corrected chi connectivity index (χ3v) is 5.82. The molecular formula is C24H28N4O2. The van der Waals surface area contributed by atoms with E-state index in [9.17, 15) is 9.59 Å². The molecule has 1 aromatic carbocycles. The minimum atomic E-state index is -0.0966. The smallest absolute Gasteiger partial charge is 0.266 e. The molecule has 3 heterocycles. The highest BCUT2D eigenvalue weighted by atomic mass is 16.2. The Hall–Kier alpha value is -3.02. The molecule has 1 aliphatic rings. The Morgan fingerprint density at radius 3 is 2.60 bits per heavy atom. The van der Waals surface area contributed by atoms with Gasteiger partial charge in [0.1, 0.15) is 0 Å². The van der Waals surface area contributed by atoms with Gasteiger partial charge in [0.25, 0.3) is 11.5 Å². The van der Waals surface area contributed by atoms with E-state index in [-0.39, 0.29) is 16.9 Å². The zero-order chi connectivity index (χ0) is 21.3. The summed E-state index contributed by atoms with van der Waals surface area (Å²) in [6.45, 7) is 8.28. The zero-order valence-electron chi connectivity index (χ0n) is 17.8. The van der Waals surface area contributed by atoms with Crippen LogP contribution < -0.4 is 5.56 Å². The molecule has 1 fully saturated rings. The second kappa shape index (κ2) is 8.01. The first kappa shape index (κ1) is 20.3. The van der Waals surface area contributed by atoms with Crippen LogP contribution in [0.4, 0.5) is 0 Å². The summed E-state index contributed by atoms with van der Waals surface area (Å²) in [5, 5.41) is 5.56. The largest absolute Gasteiger partial charge is 0.339 e. The molecule has 6 nitrogen and oxygen atoms in total. The SMILES string of the molecule is CC(C)(C)c1ccc(=O)n(CC2CCN(C(=O)c3ccc4ncccc4c3)CC2)n1. The standard InChI is InChI=1S/C24H28N4O2/c1-24(2,3)21-8-9-22(29)28(26-21)16-17-10-13-27(14-11-17)23(30)19-6-7-20-18(15-19)5-4-12-25-20/h4-9,12,15,17H,10-11,13-14,16H2,1-3H3. The molecule has 0 bridgehead atoms. The molecule has 30 heavy (non-hydrogen) atoms. The fourth-order valence-corrected chi connectivity index (χ4v) is 3.93. The van der Waals surface area contributed by atoms with Crippen LogP contribution in [-0.4, -0.2) is 38.7 Å².